The van der Waals surface area contributed by atoms with Crippen LogP contribution in [0.2, 0.25) is 36.3 Å². The van der Waals surface area contributed by atoms with Crippen molar-refractivity contribution in [1.29, 1.82) is 0 Å². The maximum Gasteiger partial charge on any atom is 0.332 e. The van der Waals surface area contributed by atoms with Crippen molar-refractivity contribution >= 4 is 22.6 Å². The van der Waals surface area contributed by atoms with Gasteiger partial charge in [0.1, 0.15) is 0 Å². The minimum Gasteiger partial charge on any atom is -0.479 e. The maximum atomic E-state index is 11.9. The highest BCUT2D eigenvalue weighted by atomic mass is 28.4. The quantitative estimate of drug-likeness (QED) is 0.595. The molecular formula is C18H40O4Si2. The zero-order valence-corrected chi connectivity index (χ0v) is 20.0. The van der Waals surface area contributed by atoms with Crippen LogP contribution in [0.4, 0.5) is 0 Å². The average Bonchev–Trinajstić information content (AvgIpc) is 2.30. The van der Waals surface area contributed by atoms with E-state index in [9.17, 15) is 9.90 Å². The Bertz CT molecular complexity index is 443. The lowest BCUT2D eigenvalue weighted by atomic mass is 9.88. The first-order chi connectivity index (χ1) is 10.2. The lowest BCUT2D eigenvalue weighted by Crippen LogP contribution is -2.53. The highest BCUT2D eigenvalue weighted by Crippen LogP contribution is 2.41. The fraction of sp³-hybridized carbons (Fsp3) is 0.944. The van der Waals surface area contributed by atoms with Gasteiger partial charge in [0.15, 0.2) is 22.7 Å². The van der Waals surface area contributed by atoms with Crippen molar-refractivity contribution < 1.29 is 18.8 Å². The SMILES string of the molecule is CC(C)(CO[Si](C)(C)C(C)(C)C)[C@@H](O[Si](C)(C)C(C)(C)C)C(=O)O. The van der Waals surface area contributed by atoms with Gasteiger partial charge in [-0.25, -0.2) is 4.79 Å². The van der Waals surface area contributed by atoms with Gasteiger partial charge in [-0.2, -0.15) is 0 Å². The second kappa shape index (κ2) is 7.21. The van der Waals surface area contributed by atoms with Crippen LogP contribution in [0.3, 0.4) is 0 Å². The average molecular weight is 377 g/mol. The van der Waals surface area contributed by atoms with Gasteiger partial charge in [0.25, 0.3) is 0 Å². The molecule has 0 bridgehead atoms. The van der Waals surface area contributed by atoms with Gasteiger partial charge < -0.3 is 14.0 Å². The van der Waals surface area contributed by atoms with Gasteiger partial charge in [-0.15, -0.1) is 0 Å². The number of hydrogen-bond acceptors (Lipinski definition) is 3. The van der Waals surface area contributed by atoms with Crippen molar-refractivity contribution in [2.75, 3.05) is 6.61 Å². The Hall–Kier alpha value is -0.176. The van der Waals surface area contributed by atoms with Crippen molar-refractivity contribution in [3.63, 3.8) is 0 Å². The molecule has 0 rings (SSSR count). The largest absolute Gasteiger partial charge is 0.479 e. The van der Waals surface area contributed by atoms with E-state index in [-0.39, 0.29) is 10.1 Å². The van der Waals surface area contributed by atoms with Crippen LogP contribution in [0.1, 0.15) is 55.4 Å². The molecule has 0 saturated heterocycles. The molecule has 0 heterocycles. The first-order valence-electron chi connectivity index (χ1n) is 8.79. The van der Waals surface area contributed by atoms with E-state index in [1.54, 1.807) is 0 Å². The molecule has 0 aliphatic carbocycles. The minimum absolute atomic E-state index is 0.0307. The normalized spacial score (nSPS) is 16.2. The number of rotatable bonds is 7. The van der Waals surface area contributed by atoms with Crippen molar-refractivity contribution in [2.45, 2.75) is 97.8 Å². The van der Waals surface area contributed by atoms with E-state index in [0.717, 1.165) is 0 Å². The van der Waals surface area contributed by atoms with Gasteiger partial charge >= 0.3 is 5.97 Å². The second-order valence-corrected chi connectivity index (χ2v) is 20.2. The highest BCUT2D eigenvalue weighted by Gasteiger charge is 2.47. The van der Waals surface area contributed by atoms with Crippen LogP contribution >= 0.6 is 0 Å². The second-order valence-electron chi connectivity index (χ2n) is 10.6. The molecular weight excluding hydrogens is 336 g/mol. The van der Waals surface area contributed by atoms with Crippen LogP contribution in [0.25, 0.3) is 0 Å². The molecule has 144 valence electrons. The van der Waals surface area contributed by atoms with E-state index in [1.165, 1.54) is 0 Å². The zero-order chi connectivity index (χ0) is 19.8. The molecule has 6 heteroatoms. The van der Waals surface area contributed by atoms with Gasteiger partial charge in [0, 0.05) is 12.0 Å². The molecule has 4 nitrogen and oxygen atoms in total. The first kappa shape index (κ1) is 23.8. The lowest BCUT2D eigenvalue weighted by Gasteiger charge is -2.44. The molecule has 0 unspecified atom stereocenters. The Morgan fingerprint density at radius 1 is 0.875 bits per heavy atom. The molecule has 1 atom stereocenters. The van der Waals surface area contributed by atoms with E-state index in [0.29, 0.717) is 6.61 Å². The fourth-order valence-corrected chi connectivity index (χ4v) is 4.20. The molecule has 0 amide bonds. The van der Waals surface area contributed by atoms with Crippen molar-refractivity contribution in [2.24, 2.45) is 5.41 Å². The predicted molar refractivity (Wildman–Crippen MR) is 107 cm³/mol. The molecule has 0 radical (unpaired) electrons. The minimum atomic E-state index is -2.18. The van der Waals surface area contributed by atoms with E-state index in [1.807, 2.05) is 13.8 Å². The summed E-state index contributed by atoms with van der Waals surface area (Å²) in [6.45, 7) is 25.8. The van der Waals surface area contributed by atoms with Gasteiger partial charge in [-0.05, 0) is 36.3 Å². The van der Waals surface area contributed by atoms with Crippen molar-refractivity contribution in [3.05, 3.63) is 0 Å². The zero-order valence-electron chi connectivity index (χ0n) is 18.0. The molecule has 0 fully saturated rings. The predicted octanol–water partition coefficient (Wildman–Crippen LogP) is 5.51. The summed E-state index contributed by atoms with van der Waals surface area (Å²) in [7, 11) is -4.10. The summed E-state index contributed by atoms with van der Waals surface area (Å²) < 4.78 is 12.6. The van der Waals surface area contributed by atoms with E-state index in [2.05, 4.69) is 67.7 Å². The summed E-state index contributed by atoms with van der Waals surface area (Å²) in [6, 6.07) is 0. The van der Waals surface area contributed by atoms with Gasteiger partial charge in [0.05, 0.1) is 0 Å². The number of carboxylic acid groups (broad SMARTS) is 1. The Balaban J connectivity index is 5.35. The molecule has 0 aromatic heterocycles. The summed E-state index contributed by atoms with van der Waals surface area (Å²) in [5, 5.41) is 9.85. The van der Waals surface area contributed by atoms with Crippen LogP contribution in [-0.2, 0) is 13.6 Å². The van der Waals surface area contributed by atoms with Crippen LogP contribution in [-0.4, -0.2) is 40.4 Å². The standard InChI is InChI=1S/C18H40O4Si2/c1-16(2,3)23(9,10)21-13-18(7,8)14(15(19)20)22-24(11,12)17(4,5)6/h14H,13H2,1-12H3,(H,19,20)/t14-/m0/s1. The lowest BCUT2D eigenvalue weighted by molar-refractivity contribution is -0.153. The van der Waals surface area contributed by atoms with Crippen LogP contribution in [0.5, 0.6) is 0 Å². The number of carboxylic acids is 1. The van der Waals surface area contributed by atoms with Crippen molar-refractivity contribution in [3.8, 4) is 0 Å². The third-order valence-corrected chi connectivity index (χ3v) is 14.7. The van der Waals surface area contributed by atoms with Gasteiger partial charge in [-0.1, -0.05) is 55.4 Å². The molecule has 24 heavy (non-hydrogen) atoms. The Labute approximate surface area is 151 Å². The summed E-state index contributed by atoms with van der Waals surface area (Å²) >= 11 is 0. The van der Waals surface area contributed by atoms with Crippen LogP contribution < -0.4 is 0 Å². The van der Waals surface area contributed by atoms with E-state index < -0.39 is 34.1 Å². The smallest absolute Gasteiger partial charge is 0.332 e. The van der Waals surface area contributed by atoms with Crippen molar-refractivity contribution in [1.82, 2.24) is 0 Å². The molecule has 1 N–H and O–H groups in total. The molecule has 0 aliphatic rings. The van der Waals surface area contributed by atoms with Crippen LogP contribution in [0, 0.1) is 5.41 Å². The summed E-state index contributed by atoms with van der Waals surface area (Å²) in [6.07, 6.45) is -0.858. The van der Waals surface area contributed by atoms with Gasteiger partial charge in [-0.3, -0.25) is 0 Å². The van der Waals surface area contributed by atoms with E-state index >= 15 is 0 Å². The number of hydrogen-bond donors (Lipinski definition) is 1. The Morgan fingerprint density at radius 3 is 1.54 bits per heavy atom. The molecule has 0 aromatic carbocycles. The Kier molecular flexibility index (Phi) is 7.16. The van der Waals surface area contributed by atoms with Gasteiger partial charge in [0.2, 0.25) is 0 Å². The molecule has 0 aromatic rings. The maximum absolute atomic E-state index is 11.9. The molecule has 0 spiro atoms. The fourth-order valence-electron chi connectivity index (χ4n) is 1.67. The topological polar surface area (TPSA) is 55.8 Å². The third kappa shape index (κ3) is 5.97. The highest BCUT2D eigenvalue weighted by molar-refractivity contribution is 6.74. The van der Waals surface area contributed by atoms with Crippen LogP contribution in [0.15, 0.2) is 0 Å². The number of carbonyl (C=O) groups is 1. The first-order valence-corrected chi connectivity index (χ1v) is 14.6. The summed E-state index contributed by atoms with van der Waals surface area (Å²) in [5.74, 6) is -0.899. The number of aliphatic carboxylic acids is 1. The monoisotopic (exact) mass is 376 g/mol. The summed E-state index contributed by atoms with van der Waals surface area (Å²) in [4.78, 5) is 11.9. The van der Waals surface area contributed by atoms with E-state index in [4.69, 9.17) is 8.85 Å². The molecule has 0 saturated carbocycles. The Morgan fingerprint density at radius 2 is 1.25 bits per heavy atom. The molecule has 0 aliphatic heterocycles. The summed E-state index contributed by atoms with van der Waals surface area (Å²) in [5.41, 5.74) is -0.586. The third-order valence-electron chi connectivity index (χ3n) is 5.76.